The van der Waals surface area contributed by atoms with Crippen molar-refractivity contribution in [2.24, 2.45) is 0 Å². The molecule has 2 atom stereocenters. The lowest BCUT2D eigenvalue weighted by Crippen LogP contribution is -2.41. The molecule has 1 aromatic carbocycles. The molecule has 1 aliphatic rings. The van der Waals surface area contributed by atoms with Gasteiger partial charge in [-0.15, -0.1) is 0 Å². The lowest BCUT2D eigenvalue weighted by atomic mass is 9.98. The van der Waals surface area contributed by atoms with Crippen molar-refractivity contribution in [2.45, 2.75) is 76.0 Å². The summed E-state index contributed by atoms with van der Waals surface area (Å²) in [7, 11) is -3.89. The molecule has 0 radical (unpaired) electrons. The molecule has 1 fully saturated rings. The maximum Gasteiger partial charge on any atom is 0.245 e. The van der Waals surface area contributed by atoms with Crippen LogP contribution in [0, 0.1) is 5.82 Å². The number of nitrogens with zero attached hydrogens (tertiary/aromatic N) is 2. The SMILES string of the molecule is CCc1c(S(=O)(=O)N2CCOCC2)c(C(C)C)c(-c2ccc(F)cc2)n1CC[C@@H](O)C[C@@H](O)CC(=O)[O-]. The highest BCUT2D eigenvalue weighted by Gasteiger charge is 2.36. The summed E-state index contributed by atoms with van der Waals surface area (Å²) in [5, 5.41) is 31.2. The highest BCUT2D eigenvalue weighted by Crippen LogP contribution is 2.41. The molecule has 0 aliphatic carbocycles. The van der Waals surface area contributed by atoms with Gasteiger partial charge in [0.05, 0.1) is 31.1 Å². The number of sulfonamides is 1. The molecular weight excluding hydrogens is 503 g/mol. The second kappa shape index (κ2) is 12.5. The Bertz CT molecular complexity index is 1170. The van der Waals surface area contributed by atoms with E-state index in [9.17, 15) is 32.9 Å². The largest absolute Gasteiger partial charge is 0.550 e. The average molecular weight is 540 g/mol. The summed E-state index contributed by atoms with van der Waals surface area (Å²) in [6, 6.07) is 5.86. The standard InChI is InChI=1S/C26H37FN2O7S/c1-4-22-26(37(34,35)28-11-13-36-14-12-28)24(17(2)3)25(18-5-7-19(27)8-6-18)29(22)10-9-20(30)15-21(31)16-23(32)33/h5-8,17,20-21,30-31H,4,9-16H2,1-3H3,(H,32,33)/p-1/t20-,21-/m1/s1. The molecular formula is C26H36FN2O7S-. The minimum Gasteiger partial charge on any atom is -0.550 e. The average Bonchev–Trinajstić information content (AvgIpc) is 3.18. The molecule has 2 N–H and O–H groups in total. The summed E-state index contributed by atoms with van der Waals surface area (Å²) in [6.45, 7) is 7.01. The Morgan fingerprint density at radius 1 is 1.14 bits per heavy atom. The van der Waals surface area contributed by atoms with Gasteiger partial charge in [0, 0.05) is 43.3 Å². The van der Waals surface area contributed by atoms with E-state index in [0.29, 0.717) is 42.1 Å². The van der Waals surface area contributed by atoms with Crippen molar-refractivity contribution < 1.29 is 37.7 Å². The molecule has 11 heteroatoms. The zero-order valence-corrected chi connectivity index (χ0v) is 22.3. The van der Waals surface area contributed by atoms with Crippen LogP contribution in [-0.2, 0) is 32.5 Å². The Morgan fingerprint density at radius 2 is 1.76 bits per heavy atom. The maximum atomic E-state index is 14.0. The fourth-order valence-electron chi connectivity index (χ4n) is 4.91. The molecule has 1 saturated heterocycles. The smallest absolute Gasteiger partial charge is 0.245 e. The highest BCUT2D eigenvalue weighted by atomic mass is 32.2. The Labute approximate surface area is 217 Å². The van der Waals surface area contributed by atoms with E-state index in [1.165, 1.54) is 16.4 Å². The number of aromatic nitrogens is 1. The second-order valence-electron chi connectivity index (χ2n) is 9.63. The summed E-state index contributed by atoms with van der Waals surface area (Å²) in [6.07, 6.45) is -2.48. The second-order valence-corrected chi connectivity index (χ2v) is 11.5. The maximum absolute atomic E-state index is 14.0. The number of rotatable bonds is 12. The van der Waals surface area contributed by atoms with E-state index in [1.54, 1.807) is 12.1 Å². The molecule has 0 bridgehead atoms. The Balaban J connectivity index is 2.13. The van der Waals surface area contributed by atoms with Crippen LogP contribution in [0.5, 0.6) is 0 Å². The number of halogens is 1. The van der Waals surface area contributed by atoms with Gasteiger partial charge in [0.15, 0.2) is 0 Å². The number of aliphatic carboxylic acids is 1. The lowest BCUT2D eigenvalue weighted by Gasteiger charge is -2.27. The van der Waals surface area contributed by atoms with Crippen molar-refractivity contribution in [1.29, 1.82) is 0 Å². The number of carboxylic acid groups (broad SMARTS) is 1. The van der Waals surface area contributed by atoms with Crippen molar-refractivity contribution in [3.63, 3.8) is 0 Å². The van der Waals surface area contributed by atoms with Crippen LogP contribution >= 0.6 is 0 Å². The van der Waals surface area contributed by atoms with Gasteiger partial charge in [-0.25, -0.2) is 12.8 Å². The van der Waals surface area contributed by atoms with Crippen LogP contribution in [0.25, 0.3) is 11.3 Å². The molecule has 1 aromatic heterocycles. The predicted molar refractivity (Wildman–Crippen MR) is 134 cm³/mol. The summed E-state index contributed by atoms with van der Waals surface area (Å²) in [5.41, 5.74) is 2.49. The topological polar surface area (TPSA) is 132 Å². The van der Waals surface area contributed by atoms with Crippen LogP contribution in [0.1, 0.15) is 57.2 Å². The molecule has 2 aromatic rings. The van der Waals surface area contributed by atoms with E-state index in [0.717, 1.165) is 0 Å². The first-order chi connectivity index (χ1) is 17.5. The van der Waals surface area contributed by atoms with Gasteiger partial charge in [-0.05, 0) is 55.0 Å². The molecule has 0 spiro atoms. The van der Waals surface area contributed by atoms with E-state index >= 15 is 0 Å². The number of hydrogen-bond acceptors (Lipinski definition) is 7. The predicted octanol–water partition coefficient (Wildman–Crippen LogP) is 1.64. The van der Waals surface area contributed by atoms with Gasteiger partial charge >= 0.3 is 0 Å². The van der Waals surface area contributed by atoms with Crippen LogP contribution < -0.4 is 5.11 Å². The van der Waals surface area contributed by atoms with Crippen LogP contribution in [0.4, 0.5) is 4.39 Å². The zero-order valence-electron chi connectivity index (χ0n) is 21.5. The minimum absolute atomic E-state index is 0.147. The van der Waals surface area contributed by atoms with Crippen LogP contribution in [0.3, 0.4) is 0 Å². The normalized spacial score (nSPS) is 16.7. The first kappa shape index (κ1) is 29.2. The number of benzene rings is 1. The molecule has 0 saturated carbocycles. The molecule has 0 unspecified atom stereocenters. The number of aliphatic hydroxyl groups is 2. The van der Waals surface area contributed by atoms with E-state index in [1.807, 2.05) is 25.3 Å². The van der Waals surface area contributed by atoms with Gasteiger partial charge in [-0.1, -0.05) is 20.8 Å². The Morgan fingerprint density at radius 3 is 2.30 bits per heavy atom. The summed E-state index contributed by atoms with van der Waals surface area (Å²) < 4.78 is 50.4. The molecule has 0 amide bonds. The van der Waals surface area contributed by atoms with Gasteiger partial charge < -0.3 is 29.4 Å². The molecule has 2 heterocycles. The van der Waals surface area contributed by atoms with Gasteiger partial charge in [0.2, 0.25) is 10.0 Å². The number of morpholine rings is 1. The van der Waals surface area contributed by atoms with Gasteiger partial charge in [0.25, 0.3) is 0 Å². The fourth-order valence-corrected chi connectivity index (χ4v) is 6.96. The Hall–Kier alpha value is -2.31. The third-order valence-electron chi connectivity index (χ3n) is 6.59. The first-order valence-electron chi connectivity index (χ1n) is 12.6. The zero-order chi connectivity index (χ0) is 27.3. The highest BCUT2D eigenvalue weighted by molar-refractivity contribution is 7.89. The fraction of sp³-hybridized carbons (Fsp3) is 0.577. The van der Waals surface area contributed by atoms with Gasteiger partial charge in [-0.2, -0.15) is 4.31 Å². The van der Waals surface area contributed by atoms with Crippen molar-refractivity contribution in [2.75, 3.05) is 26.3 Å². The van der Waals surface area contributed by atoms with Gasteiger partial charge in [0.1, 0.15) is 10.7 Å². The summed E-state index contributed by atoms with van der Waals surface area (Å²) in [4.78, 5) is 11.0. The number of carboxylic acids is 1. The summed E-state index contributed by atoms with van der Waals surface area (Å²) >= 11 is 0. The number of hydrogen-bond donors (Lipinski definition) is 2. The Kier molecular flexibility index (Phi) is 9.87. The van der Waals surface area contributed by atoms with Crippen molar-refractivity contribution in [3.05, 3.63) is 41.3 Å². The molecule has 9 nitrogen and oxygen atoms in total. The minimum atomic E-state index is -3.89. The van der Waals surface area contributed by atoms with E-state index in [2.05, 4.69) is 0 Å². The monoisotopic (exact) mass is 539 g/mol. The van der Waals surface area contributed by atoms with Crippen molar-refractivity contribution >= 4 is 16.0 Å². The van der Waals surface area contributed by atoms with Crippen LogP contribution in [0.15, 0.2) is 29.2 Å². The third kappa shape index (κ3) is 6.77. The van der Waals surface area contributed by atoms with Crippen molar-refractivity contribution in [1.82, 2.24) is 8.87 Å². The number of aliphatic hydroxyl groups excluding tert-OH is 2. The quantitative estimate of drug-likeness (QED) is 0.419. The number of ether oxygens (including phenoxy) is 1. The number of carbonyl (C=O) groups is 1. The lowest BCUT2D eigenvalue weighted by molar-refractivity contribution is -0.307. The van der Waals surface area contributed by atoms with Crippen LogP contribution in [0.2, 0.25) is 0 Å². The molecule has 3 rings (SSSR count). The molecule has 206 valence electrons. The molecule has 37 heavy (non-hydrogen) atoms. The van der Waals surface area contributed by atoms with E-state index in [-0.39, 0.29) is 43.3 Å². The van der Waals surface area contributed by atoms with Gasteiger partial charge in [-0.3, -0.25) is 0 Å². The number of carbonyl (C=O) groups excluding carboxylic acids is 1. The first-order valence-corrected chi connectivity index (χ1v) is 14.1. The summed E-state index contributed by atoms with van der Waals surface area (Å²) in [5.74, 6) is -2.01. The van der Waals surface area contributed by atoms with E-state index < -0.39 is 40.4 Å². The van der Waals surface area contributed by atoms with E-state index in [4.69, 9.17) is 4.74 Å². The molecule has 1 aliphatic heterocycles. The van der Waals surface area contributed by atoms with Crippen molar-refractivity contribution in [3.8, 4) is 11.3 Å². The third-order valence-corrected chi connectivity index (χ3v) is 8.60. The van der Waals surface area contributed by atoms with Crippen LogP contribution in [-0.4, -0.2) is 72.0 Å².